The van der Waals surface area contributed by atoms with E-state index >= 15 is 0 Å². The van der Waals surface area contributed by atoms with Crippen LogP contribution in [-0.2, 0) is 4.79 Å². The molecule has 1 fully saturated rings. The molecule has 0 aromatic carbocycles. The molecule has 0 aliphatic carbocycles. The Morgan fingerprint density at radius 1 is 1.53 bits per heavy atom. The van der Waals surface area contributed by atoms with Crippen LogP contribution in [0, 0.1) is 0 Å². The van der Waals surface area contributed by atoms with Crippen LogP contribution < -0.4 is 10.6 Å². The lowest BCUT2D eigenvalue weighted by Crippen LogP contribution is -2.58. The third-order valence-electron chi connectivity index (χ3n) is 2.95. The van der Waals surface area contributed by atoms with Crippen molar-refractivity contribution in [3.63, 3.8) is 0 Å². The SMILES string of the molecule is CC1(C(=O)NCC(O)C(F)(F)F)CCCCN1. The summed E-state index contributed by atoms with van der Waals surface area (Å²) in [4.78, 5) is 11.7. The molecule has 3 N–H and O–H groups in total. The van der Waals surface area contributed by atoms with Gasteiger partial charge in [-0.3, -0.25) is 4.79 Å². The average molecular weight is 254 g/mol. The first-order chi connectivity index (χ1) is 7.76. The lowest BCUT2D eigenvalue weighted by Gasteiger charge is -2.33. The fourth-order valence-corrected chi connectivity index (χ4v) is 1.75. The number of carbonyl (C=O) groups excluding carboxylic acids is 1. The van der Waals surface area contributed by atoms with E-state index in [2.05, 4.69) is 10.6 Å². The number of piperidine rings is 1. The first-order valence-electron chi connectivity index (χ1n) is 5.54. The molecule has 1 aliphatic rings. The molecule has 0 radical (unpaired) electrons. The number of aliphatic hydroxyl groups excluding tert-OH is 1. The van der Waals surface area contributed by atoms with Crippen LogP contribution in [0.4, 0.5) is 13.2 Å². The van der Waals surface area contributed by atoms with Gasteiger partial charge in [-0.1, -0.05) is 0 Å². The zero-order chi connectivity index (χ0) is 13.1. The lowest BCUT2D eigenvalue weighted by atomic mass is 9.90. The number of aliphatic hydroxyl groups is 1. The summed E-state index contributed by atoms with van der Waals surface area (Å²) < 4.78 is 36.1. The van der Waals surface area contributed by atoms with Gasteiger partial charge >= 0.3 is 6.18 Å². The van der Waals surface area contributed by atoms with E-state index in [0.29, 0.717) is 13.0 Å². The van der Waals surface area contributed by atoms with E-state index in [1.807, 2.05) is 0 Å². The maximum atomic E-state index is 12.0. The second-order valence-electron chi connectivity index (χ2n) is 4.48. The number of amides is 1. The van der Waals surface area contributed by atoms with Crippen LogP contribution in [0.3, 0.4) is 0 Å². The highest BCUT2D eigenvalue weighted by atomic mass is 19.4. The molecule has 0 aromatic rings. The smallest absolute Gasteiger partial charge is 0.382 e. The van der Waals surface area contributed by atoms with Crippen molar-refractivity contribution in [2.24, 2.45) is 0 Å². The Morgan fingerprint density at radius 2 is 2.18 bits per heavy atom. The fraction of sp³-hybridized carbons (Fsp3) is 0.900. The summed E-state index contributed by atoms with van der Waals surface area (Å²) in [7, 11) is 0. The van der Waals surface area contributed by atoms with Gasteiger partial charge in [-0.25, -0.2) is 0 Å². The van der Waals surface area contributed by atoms with Crippen molar-refractivity contribution in [3.05, 3.63) is 0 Å². The average Bonchev–Trinajstić information content (AvgIpc) is 2.25. The van der Waals surface area contributed by atoms with Gasteiger partial charge in [0, 0.05) is 0 Å². The molecule has 2 atom stereocenters. The Labute approximate surface area is 97.6 Å². The monoisotopic (exact) mass is 254 g/mol. The van der Waals surface area contributed by atoms with E-state index in [4.69, 9.17) is 5.11 Å². The Hall–Kier alpha value is -0.820. The quantitative estimate of drug-likeness (QED) is 0.689. The maximum absolute atomic E-state index is 12.0. The van der Waals surface area contributed by atoms with Crippen molar-refractivity contribution in [1.29, 1.82) is 0 Å². The number of carbonyl (C=O) groups is 1. The van der Waals surface area contributed by atoms with Crippen LogP contribution in [0.2, 0.25) is 0 Å². The number of rotatable bonds is 3. The van der Waals surface area contributed by atoms with Gasteiger partial charge in [0.1, 0.15) is 0 Å². The van der Waals surface area contributed by atoms with Crippen LogP contribution in [0.1, 0.15) is 26.2 Å². The van der Waals surface area contributed by atoms with Crippen molar-refractivity contribution in [1.82, 2.24) is 10.6 Å². The van der Waals surface area contributed by atoms with E-state index < -0.39 is 30.3 Å². The summed E-state index contributed by atoms with van der Waals surface area (Å²) in [5.41, 5.74) is -0.830. The van der Waals surface area contributed by atoms with Gasteiger partial charge in [0.25, 0.3) is 0 Å². The summed E-state index contributed by atoms with van der Waals surface area (Å²) in [6.07, 6.45) is -4.82. The molecule has 1 heterocycles. The van der Waals surface area contributed by atoms with E-state index in [1.54, 1.807) is 6.92 Å². The molecule has 2 unspecified atom stereocenters. The van der Waals surface area contributed by atoms with Gasteiger partial charge in [-0.05, 0) is 32.7 Å². The molecule has 0 bridgehead atoms. The molecule has 1 amide bonds. The predicted molar refractivity (Wildman–Crippen MR) is 55.3 cm³/mol. The molecular formula is C10H17F3N2O2. The van der Waals surface area contributed by atoms with Gasteiger partial charge in [0.05, 0.1) is 12.1 Å². The highest BCUT2D eigenvalue weighted by molar-refractivity contribution is 5.86. The standard InChI is InChI=1S/C10H17F3N2O2/c1-9(4-2-3-5-15-9)8(17)14-6-7(16)10(11,12)13/h7,15-16H,2-6H2,1H3,(H,14,17). The molecule has 7 heteroatoms. The van der Waals surface area contributed by atoms with Crippen molar-refractivity contribution < 1.29 is 23.1 Å². The number of hydrogen-bond acceptors (Lipinski definition) is 3. The number of alkyl halides is 3. The Bertz CT molecular complexity index is 275. The second kappa shape index (κ2) is 5.22. The summed E-state index contributed by atoms with van der Waals surface area (Å²) in [6.45, 7) is 1.52. The largest absolute Gasteiger partial charge is 0.416 e. The van der Waals surface area contributed by atoms with E-state index in [9.17, 15) is 18.0 Å². The zero-order valence-electron chi connectivity index (χ0n) is 9.60. The van der Waals surface area contributed by atoms with Crippen LogP contribution in [0.15, 0.2) is 0 Å². The predicted octanol–water partition coefficient (Wildman–Crippen LogP) is 0.558. The minimum atomic E-state index is -4.70. The molecular weight excluding hydrogens is 237 g/mol. The van der Waals surface area contributed by atoms with Crippen LogP contribution in [0.25, 0.3) is 0 Å². The van der Waals surface area contributed by atoms with E-state index in [0.717, 1.165) is 12.8 Å². The number of hydrogen-bond donors (Lipinski definition) is 3. The highest BCUT2D eigenvalue weighted by Gasteiger charge is 2.40. The van der Waals surface area contributed by atoms with Crippen LogP contribution >= 0.6 is 0 Å². The summed E-state index contributed by atoms with van der Waals surface area (Å²) >= 11 is 0. The molecule has 0 aromatic heterocycles. The second-order valence-corrected chi connectivity index (χ2v) is 4.48. The first kappa shape index (κ1) is 14.2. The van der Waals surface area contributed by atoms with Crippen molar-refractivity contribution in [3.8, 4) is 0 Å². The molecule has 1 aliphatic heterocycles. The van der Waals surface area contributed by atoms with Gasteiger partial charge in [-0.2, -0.15) is 13.2 Å². The summed E-state index contributed by atoms with van der Waals surface area (Å²) in [6, 6.07) is 0. The lowest BCUT2D eigenvalue weighted by molar-refractivity contribution is -0.202. The first-order valence-corrected chi connectivity index (χ1v) is 5.54. The minimum absolute atomic E-state index is 0.500. The normalized spacial score (nSPS) is 27.6. The topological polar surface area (TPSA) is 61.4 Å². The number of halogens is 3. The molecule has 0 saturated carbocycles. The van der Waals surface area contributed by atoms with E-state index in [-0.39, 0.29) is 0 Å². The Kier molecular flexibility index (Phi) is 4.37. The van der Waals surface area contributed by atoms with Crippen molar-refractivity contribution in [2.45, 2.75) is 44.0 Å². The Balaban J connectivity index is 2.44. The maximum Gasteiger partial charge on any atom is 0.416 e. The minimum Gasteiger partial charge on any atom is -0.382 e. The molecule has 100 valence electrons. The summed E-state index contributed by atoms with van der Waals surface area (Å²) in [5.74, 6) is -0.500. The third kappa shape index (κ3) is 3.85. The molecule has 1 saturated heterocycles. The van der Waals surface area contributed by atoms with Gasteiger partial charge in [0.15, 0.2) is 6.10 Å². The Morgan fingerprint density at radius 3 is 2.65 bits per heavy atom. The van der Waals surface area contributed by atoms with Crippen molar-refractivity contribution >= 4 is 5.91 Å². The summed E-state index contributed by atoms with van der Waals surface area (Å²) in [5, 5.41) is 13.9. The molecule has 0 spiro atoms. The zero-order valence-corrected chi connectivity index (χ0v) is 9.60. The van der Waals surface area contributed by atoms with Crippen molar-refractivity contribution in [2.75, 3.05) is 13.1 Å². The van der Waals surface area contributed by atoms with Crippen LogP contribution in [-0.4, -0.2) is 41.9 Å². The third-order valence-corrected chi connectivity index (χ3v) is 2.95. The molecule has 1 rings (SSSR count). The van der Waals surface area contributed by atoms with Gasteiger partial charge in [0.2, 0.25) is 5.91 Å². The molecule has 17 heavy (non-hydrogen) atoms. The van der Waals surface area contributed by atoms with Gasteiger partial charge in [-0.15, -0.1) is 0 Å². The number of nitrogens with one attached hydrogen (secondary N) is 2. The van der Waals surface area contributed by atoms with Crippen LogP contribution in [0.5, 0.6) is 0 Å². The van der Waals surface area contributed by atoms with Gasteiger partial charge < -0.3 is 15.7 Å². The van der Waals surface area contributed by atoms with E-state index in [1.165, 1.54) is 0 Å². The highest BCUT2D eigenvalue weighted by Crippen LogP contribution is 2.21. The molecule has 4 nitrogen and oxygen atoms in total. The fourth-order valence-electron chi connectivity index (χ4n) is 1.75.